The van der Waals surface area contributed by atoms with E-state index in [0.29, 0.717) is 28.9 Å². The van der Waals surface area contributed by atoms with Crippen molar-refractivity contribution in [1.82, 2.24) is 9.55 Å². The van der Waals surface area contributed by atoms with E-state index >= 15 is 0 Å². The first-order chi connectivity index (χ1) is 9.06. The Kier molecular flexibility index (Phi) is 4.66. The van der Waals surface area contributed by atoms with E-state index in [9.17, 15) is 0 Å². The van der Waals surface area contributed by atoms with Gasteiger partial charge in [0.15, 0.2) is 4.77 Å². The third-order valence-corrected chi connectivity index (χ3v) is 3.91. The minimum atomic E-state index is 0.208. The van der Waals surface area contributed by atoms with Gasteiger partial charge in [0.25, 0.3) is 0 Å². The van der Waals surface area contributed by atoms with Crippen molar-refractivity contribution in [2.45, 2.75) is 26.8 Å². The van der Waals surface area contributed by atoms with E-state index in [-0.39, 0.29) is 6.04 Å². The summed E-state index contributed by atoms with van der Waals surface area (Å²) in [6.07, 6.45) is 0. The number of imidazole rings is 1. The van der Waals surface area contributed by atoms with Gasteiger partial charge in [-0.05, 0) is 37.2 Å². The number of halogens is 1. The van der Waals surface area contributed by atoms with Crippen LogP contribution in [0.25, 0.3) is 11.0 Å². The fraction of sp³-hybridized carbons (Fsp3) is 0.500. The second kappa shape index (κ2) is 6.07. The zero-order valence-electron chi connectivity index (χ0n) is 11.4. The first-order valence-corrected chi connectivity index (χ1v) is 7.31. The summed E-state index contributed by atoms with van der Waals surface area (Å²) in [7, 11) is 0. The maximum atomic E-state index is 6.21. The zero-order chi connectivity index (χ0) is 14.0. The number of benzene rings is 1. The Bertz CT molecular complexity index is 617. The minimum Gasteiger partial charge on any atom is -0.380 e. The standard InChI is InChI=1S/C14H19ClN2OS/c1-4-18-8-12(9(2)3)17-11-7-5-6-10(15)13(11)16-14(17)19/h5-7,9,12H,4,8H2,1-3H3,(H,16,19). The molecule has 2 rings (SSSR count). The Hall–Kier alpha value is -0.840. The lowest BCUT2D eigenvalue weighted by Gasteiger charge is -2.23. The van der Waals surface area contributed by atoms with Gasteiger partial charge in [0.05, 0.1) is 28.7 Å². The summed E-state index contributed by atoms with van der Waals surface area (Å²) >= 11 is 11.7. The SMILES string of the molecule is CCOCC(C(C)C)n1c(=S)[nH]c2c(Cl)cccc21. The summed E-state index contributed by atoms with van der Waals surface area (Å²) in [6, 6.07) is 6.06. The monoisotopic (exact) mass is 298 g/mol. The normalized spacial score (nSPS) is 13.3. The maximum absolute atomic E-state index is 6.21. The Morgan fingerprint density at radius 2 is 2.16 bits per heavy atom. The average molecular weight is 299 g/mol. The molecular weight excluding hydrogens is 280 g/mol. The van der Waals surface area contributed by atoms with Gasteiger partial charge in [0.1, 0.15) is 0 Å². The molecule has 0 aliphatic heterocycles. The lowest BCUT2D eigenvalue weighted by Crippen LogP contribution is -2.21. The molecule has 0 aliphatic carbocycles. The Morgan fingerprint density at radius 3 is 2.79 bits per heavy atom. The van der Waals surface area contributed by atoms with Gasteiger partial charge in [-0.25, -0.2) is 0 Å². The lowest BCUT2D eigenvalue weighted by molar-refractivity contribution is 0.0974. The van der Waals surface area contributed by atoms with Crippen LogP contribution in [0.2, 0.25) is 5.02 Å². The molecule has 3 nitrogen and oxygen atoms in total. The molecule has 0 saturated heterocycles. The van der Waals surface area contributed by atoms with Crippen LogP contribution in [-0.2, 0) is 4.74 Å². The molecule has 0 spiro atoms. The predicted octanol–water partition coefficient (Wildman–Crippen LogP) is 4.59. The van der Waals surface area contributed by atoms with Crippen LogP contribution < -0.4 is 0 Å². The molecule has 104 valence electrons. The summed E-state index contributed by atoms with van der Waals surface area (Å²) in [6.45, 7) is 7.72. The van der Waals surface area contributed by atoms with Crippen LogP contribution in [0.1, 0.15) is 26.8 Å². The van der Waals surface area contributed by atoms with Gasteiger partial charge in [0, 0.05) is 6.61 Å². The molecule has 0 fully saturated rings. The highest BCUT2D eigenvalue weighted by atomic mass is 35.5. The van der Waals surface area contributed by atoms with Gasteiger partial charge in [-0.1, -0.05) is 31.5 Å². The number of hydrogen-bond acceptors (Lipinski definition) is 2. The molecule has 0 amide bonds. The van der Waals surface area contributed by atoms with Gasteiger partial charge in [-0.15, -0.1) is 0 Å². The summed E-state index contributed by atoms with van der Waals surface area (Å²) < 4.78 is 8.42. The molecule has 1 unspecified atom stereocenters. The van der Waals surface area contributed by atoms with Crippen LogP contribution in [0.4, 0.5) is 0 Å². The van der Waals surface area contributed by atoms with Crippen molar-refractivity contribution in [2.24, 2.45) is 5.92 Å². The number of nitrogens with zero attached hydrogens (tertiary/aromatic N) is 1. The molecule has 1 atom stereocenters. The third kappa shape index (κ3) is 2.86. The highest BCUT2D eigenvalue weighted by molar-refractivity contribution is 7.71. The van der Waals surface area contributed by atoms with Gasteiger partial charge >= 0.3 is 0 Å². The van der Waals surface area contributed by atoms with Crippen LogP contribution in [0.15, 0.2) is 18.2 Å². The maximum Gasteiger partial charge on any atom is 0.178 e. The number of ether oxygens (including phenoxy) is 1. The molecule has 0 aliphatic rings. The molecule has 0 saturated carbocycles. The van der Waals surface area contributed by atoms with E-state index < -0.39 is 0 Å². The molecule has 1 aromatic heterocycles. The molecule has 0 radical (unpaired) electrons. The largest absolute Gasteiger partial charge is 0.380 e. The van der Waals surface area contributed by atoms with E-state index in [4.69, 9.17) is 28.6 Å². The molecule has 19 heavy (non-hydrogen) atoms. The number of H-pyrrole nitrogens is 1. The number of nitrogens with one attached hydrogen (secondary N) is 1. The van der Waals surface area contributed by atoms with Crippen LogP contribution in [-0.4, -0.2) is 22.8 Å². The van der Waals surface area contributed by atoms with Crippen molar-refractivity contribution in [2.75, 3.05) is 13.2 Å². The summed E-state index contributed by atoms with van der Waals surface area (Å²) in [5.41, 5.74) is 1.94. The molecule has 2 aromatic rings. The second-order valence-corrected chi connectivity index (χ2v) is 5.70. The number of fused-ring (bicyclic) bond motifs is 1. The van der Waals surface area contributed by atoms with Gasteiger partial charge in [-0.2, -0.15) is 0 Å². The van der Waals surface area contributed by atoms with Crippen molar-refractivity contribution in [1.29, 1.82) is 0 Å². The molecular formula is C14H19ClN2OS. The highest BCUT2D eigenvalue weighted by Gasteiger charge is 2.19. The van der Waals surface area contributed by atoms with Crippen LogP contribution in [0.5, 0.6) is 0 Å². The van der Waals surface area contributed by atoms with E-state index in [1.807, 2.05) is 25.1 Å². The average Bonchev–Trinajstić information content (AvgIpc) is 2.68. The first-order valence-electron chi connectivity index (χ1n) is 6.52. The molecule has 0 bridgehead atoms. The number of para-hydroxylation sites is 1. The topological polar surface area (TPSA) is 29.9 Å². The van der Waals surface area contributed by atoms with E-state index in [2.05, 4.69) is 23.4 Å². The summed E-state index contributed by atoms with van der Waals surface area (Å²) in [4.78, 5) is 3.20. The summed E-state index contributed by atoms with van der Waals surface area (Å²) in [5.74, 6) is 0.427. The number of aromatic amines is 1. The van der Waals surface area contributed by atoms with Gasteiger partial charge < -0.3 is 14.3 Å². The minimum absolute atomic E-state index is 0.208. The Labute approximate surface area is 123 Å². The van der Waals surface area contributed by atoms with E-state index in [0.717, 1.165) is 11.0 Å². The quantitative estimate of drug-likeness (QED) is 0.819. The van der Waals surface area contributed by atoms with Crippen molar-refractivity contribution in [3.63, 3.8) is 0 Å². The molecule has 1 heterocycles. The van der Waals surface area contributed by atoms with Crippen LogP contribution in [0, 0.1) is 10.7 Å². The van der Waals surface area contributed by atoms with E-state index in [1.165, 1.54) is 0 Å². The van der Waals surface area contributed by atoms with E-state index in [1.54, 1.807) is 0 Å². The third-order valence-electron chi connectivity index (χ3n) is 3.30. The first kappa shape index (κ1) is 14.6. The number of hydrogen-bond donors (Lipinski definition) is 1. The molecule has 1 N–H and O–H groups in total. The van der Waals surface area contributed by atoms with Crippen molar-refractivity contribution >= 4 is 34.9 Å². The summed E-state index contributed by atoms with van der Waals surface area (Å²) in [5, 5.41) is 0.696. The zero-order valence-corrected chi connectivity index (χ0v) is 13.0. The van der Waals surface area contributed by atoms with Crippen LogP contribution in [0.3, 0.4) is 0 Å². The Morgan fingerprint density at radius 1 is 1.42 bits per heavy atom. The lowest BCUT2D eigenvalue weighted by atomic mass is 10.1. The fourth-order valence-corrected chi connectivity index (χ4v) is 2.80. The predicted molar refractivity (Wildman–Crippen MR) is 82.5 cm³/mol. The van der Waals surface area contributed by atoms with Crippen molar-refractivity contribution in [3.05, 3.63) is 28.0 Å². The van der Waals surface area contributed by atoms with Gasteiger partial charge in [-0.3, -0.25) is 0 Å². The van der Waals surface area contributed by atoms with Crippen molar-refractivity contribution < 1.29 is 4.74 Å². The second-order valence-electron chi connectivity index (χ2n) is 4.90. The van der Waals surface area contributed by atoms with Crippen molar-refractivity contribution in [3.8, 4) is 0 Å². The smallest absolute Gasteiger partial charge is 0.178 e. The fourth-order valence-electron chi connectivity index (χ4n) is 2.25. The highest BCUT2D eigenvalue weighted by Crippen LogP contribution is 2.28. The van der Waals surface area contributed by atoms with Crippen LogP contribution >= 0.6 is 23.8 Å². The Balaban J connectivity index is 2.56. The molecule has 5 heteroatoms. The number of aromatic nitrogens is 2. The van der Waals surface area contributed by atoms with Gasteiger partial charge in [0.2, 0.25) is 0 Å². The number of rotatable bonds is 5. The molecule has 1 aromatic carbocycles.